The SMILES string of the molecule is COC1OC(C(=O)O)C(OCC2OC(CC(=O)NCCOCCOCCOCCn3cc(-c4ccccc4Br)nn3)C(OC)C(O)C2O)C(O)C1O. The zero-order chi connectivity index (χ0) is 37.6. The van der Waals surface area contributed by atoms with Gasteiger partial charge in [-0.2, -0.15) is 0 Å². The van der Waals surface area contributed by atoms with Crippen LogP contribution < -0.4 is 5.32 Å². The number of benzene rings is 1. The summed E-state index contributed by atoms with van der Waals surface area (Å²) < 4.78 is 46.0. The highest BCUT2D eigenvalue weighted by molar-refractivity contribution is 9.10. The van der Waals surface area contributed by atoms with Gasteiger partial charge in [0.05, 0.1) is 71.5 Å². The maximum absolute atomic E-state index is 12.7. The van der Waals surface area contributed by atoms with Crippen LogP contribution in [-0.2, 0) is 54.0 Å². The van der Waals surface area contributed by atoms with Crippen LogP contribution in [0, 0.1) is 0 Å². The number of halogens is 1. The Morgan fingerprint density at radius 2 is 1.54 bits per heavy atom. The fourth-order valence-electron chi connectivity index (χ4n) is 5.65. The average Bonchev–Trinajstić information content (AvgIpc) is 3.60. The second-order valence-corrected chi connectivity index (χ2v) is 12.8. The Morgan fingerprint density at radius 1 is 0.865 bits per heavy atom. The summed E-state index contributed by atoms with van der Waals surface area (Å²) in [5, 5.41) is 62.6. The van der Waals surface area contributed by atoms with Crippen molar-refractivity contribution in [2.24, 2.45) is 0 Å². The van der Waals surface area contributed by atoms with Crippen LogP contribution in [-0.4, -0.2) is 181 Å². The molecule has 1 amide bonds. The van der Waals surface area contributed by atoms with Crippen molar-refractivity contribution in [2.75, 3.05) is 67.0 Å². The van der Waals surface area contributed by atoms with Crippen molar-refractivity contribution < 1.29 is 73.0 Å². The Labute approximate surface area is 308 Å². The third-order valence-corrected chi connectivity index (χ3v) is 9.07. The van der Waals surface area contributed by atoms with Crippen molar-refractivity contribution in [3.63, 3.8) is 0 Å². The minimum Gasteiger partial charge on any atom is -0.479 e. The minimum absolute atomic E-state index is 0.177. The molecule has 52 heavy (non-hydrogen) atoms. The average molecular weight is 808 g/mol. The molecular formula is C32H47BrN4O15. The fourth-order valence-corrected chi connectivity index (χ4v) is 6.14. The summed E-state index contributed by atoms with van der Waals surface area (Å²) >= 11 is 3.51. The van der Waals surface area contributed by atoms with E-state index in [4.69, 9.17) is 37.9 Å². The van der Waals surface area contributed by atoms with E-state index in [0.717, 1.165) is 15.7 Å². The normalized spacial score (nSPS) is 29.2. The molecule has 1 aromatic carbocycles. The number of aliphatic hydroxyl groups is 4. The third-order valence-electron chi connectivity index (χ3n) is 8.38. The zero-order valence-corrected chi connectivity index (χ0v) is 30.4. The molecule has 19 nitrogen and oxygen atoms in total. The van der Waals surface area contributed by atoms with Gasteiger partial charge in [0.25, 0.3) is 0 Å². The van der Waals surface area contributed by atoms with E-state index in [-0.39, 0.29) is 19.6 Å². The Hall–Kier alpha value is -2.70. The molecule has 20 heteroatoms. The Morgan fingerprint density at radius 3 is 2.21 bits per heavy atom. The molecule has 6 N–H and O–H groups in total. The third kappa shape index (κ3) is 11.6. The number of ether oxygens (including phenoxy) is 8. The van der Waals surface area contributed by atoms with Gasteiger partial charge in [-0.15, -0.1) is 5.10 Å². The molecule has 10 unspecified atom stereocenters. The number of rotatable bonds is 21. The molecule has 0 bridgehead atoms. The minimum atomic E-state index is -1.72. The summed E-state index contributed by atoms with van der Waals surface area (Å²) in [5.41, 5.74) is 1.73. The molecule has 2 aliphatic heterocycles. The van der Waals surface area contributed by atoms with Gasteiger partial charge in [-0.25, -0.2) is 9.48 Å². The van der Waals surface area contributed by atoms with Gasteiger partial charge in [0.2, 0.25) is 5.91 Å². The van der Waals surface area contributed by atoms with Crippen LogP contribution in [0.15, 0.2) is 34.9 Å². The maximum atomic E-state index is 12.7. The Kier molecular flexibility index (Phi) is 17.2. The fraction of sp³-hybridized carbons (Fsp3) is 0.688. The van der Waals surface area contributed by atoms with E-state index in [2.05, 4.69) is 31.6 Å². The van der Waals surface area contributed by atoms with Crippen molar-refractivity contribution in [1.82, 2.24) is 20.3 Å². The lowest BCUT2D eigenvalue weighted by Gasteiger charge is -2.44. The first kappa shape index (κ1) is 42.0. The highest BCUT2D eigenvalue weighted by Crippen LogP contribution is 2.29. The van der Waals surface area contributed by atoms with Gasteiger partial charge in [0.15, 0.2) is 12.4 Å². The van der Waals surface area contributed by atoms with E-state index >= 15 is 0 Å². The number of carboxylic acids is 1. The predicted molar refractivity (Wildman–Crippen MR) is 180 cm³/mol. The molecule has 3 heterocycles. The number of hydrogen-bond acceptors (Lipinski definition) is 16. The van der Waals surface area contributed by atoms with E-state index in [1.165, 1.54) is 14.2 Å². The zero-order valence-electron chi connectivity index (χ0n) is 28.8. The number of amides is 1. The lowest BCUT2D eigenvalue weighted by atomic mass is 9.93. The van der Waals surface area contributed by atoms with Gasteiger partial charge in [0, 0.05) is 30.8 Å². The van der Waals surface area contributed by atoms with Crippen LogP contribution in [0.3, 0.4) is 0 Å². The molecule has 2 aromatic rings. The molecule has 2 saturated heterocycles. The Balaban J connectivity index is 1.08. The topological polar surface area (TPSA) is 252 Å². The number of nitrogens with one attached hydrogen (secondary N) is 1. The first-order valence-electron chi connectivity index (χ1n) is 16.6. The van der Waals surface area contributed by atoms with Gasteiger partial charge in [0.1, 0.15) is 48.4 Å². The highest BCUT2D eigenvalue weighted by Gasteiger charge is 2.50. The molecule has 0 aliphatic carbocycles. The summed E-state index contributed by atoms with van der Waals surface area (Å²) in [6, 6.07) is 7.78. The van der Waals surface area contributed by atoms with Gasteiger partial charge in [-0.1, -0.05) is 39.3 Å². The summed E-state index contributed by atoms with van der Waals surface area (Å²) in [6.45, 7) is 2.23. The van der Waals surface area contributed by atoms with Crippen molar-refractivity contribution in [1.29, 1.82) is 0 Å². The quantitative estimate of drug-likeness (QED) is 0.0772. The molecule has 292 valence electrons. The van der Waals surface area contributed by atoms with Crippen molar-refractivity contribution >= 4 is 27.8 Å². The van der Waals surface area contributed by atoms with Gasteiger partial charge < -0.3 is 68.7 Å². The number of carboxylic acid groups (broad SMARTS) is 1. The summed E-state index contributed by atoms with van der Waals surface area (Å²) in [4.78, 5) is 24.4. The number of carbonyl (C=O) groups is 2. The van der Waals surface area contributed by atoms with Crippen LogP contribution in [0.4, 0.5) is 0 Å². The molecule has 10 atom stereocenters. The van der Waals surface area contributed by atoms with Crippen molar-refractivity contribution in [3.05, 3.63) is 34.9 Å². The van der Waals surface area contributed by atoms with Crippen LogP contribution in [0.25, 0.3) is 11.3 Å². The number of carbonyl (C=O) groups excluding carboxylic acids is 1. The predicted octanol–water partition coefficient (Wildman–Crippen LogP) is -1.67. The highest BCUT2D eigenvalue weighted by atomic mass is 79.9. The first-order valence-corrected chi connectivity index (χ1v) is 17.4. The largest absolute Gasteiger partial charge is 0.479 e. The van der Waals surface area contributed by atoms with E-state index in [0.29, 0.717) is 39.6 Å². The molecule has 4 rings (SSSR count). The van der Waals surface area contributed by atoms with Gasteiger partial charge in [-0.3, -0.25) is 4.79 Å². The smallest absolute Gasteiger partial charge is 0.335 e. The molecule has 0 spiro atoms. The van der Waals surface area contributed by atoms with Crippen LogP contribution in [0.1, 0.15) is 6.42 Å². The second kappa shape index (κ2) is 21.3. The van der Waals surface area contributed by atoms with E-state index in [1.54, 1.807) is 4.68 Å². The number of aliphatic hydroxyl groups excluding tert-OH is 4. The standard InChI is InChI=1S/C32H47BrN4O15/c1-45-28-21(51-22(24(39)25(28)40)17-50-29-26(41)27(42)32(46-2)52-30(29)31(43)44)15-23(38)34-7-9-47-11-13-49-14-12-48-10-8-37-16-20(35-36-37)18-5-3-4-6-19(18)33/h3-6,16,21-22,24-30,32,39-42H,7-15,17H2,1-2H3,(H,34,38)(H,43,44). The number of nitrogens with zero attached hydrogens (tertiary/aromatic N) is 3. The van der Waals surface area contributed by atoms with Gasteiger partial charge >= 0.3 is 5.97 Å². The number of aromatic nitrogens is 3. The number of hydrogen-bond donors (Lipinski definition) is 6. The van der Waals surface area contributed by atoms with Crippen molar-refractivity contribution in [2.45, 2.75) is 74.2 Å². The summed E-state index contributed by atoms with van der Waals surface area (Å²) in [6.07, 6.45) is -12.8. The van der Waals surface area contributed by atoms with Crippen LogP contribution >= 0.6 is 15.9 Å². The number of aliphatic carboxylic acids is 1. The summed E-state index contributed by atoms with van der Waals surface area (Å²) in [7, 11) is 2.46. The lowest BCUT2D eigenvalue weighted by molar-refractivity contribution is -0.302. The van der Waals surface area contributed by atoms with E-state index < -0.39 is 79.7 Å². The van der Waals surface area contributed by atoms with Gasteiger partial charge in [-0.05, 0) is 6.07 Å². The first-order chi connectivity index (χ1) is 25.0. The van der Waals surface area contributed by atoms with Crippen molar-refractivity contribution in [3.8, 4) is 11.3 Å². The van der Waals surface area contributed by atoms with Crippen LogP contribution in [0.5, 0.6) is 0 Å². The van der Waals surface area contributed by atoms with Crippen LogP contribution in [0.2, 0.25) is 0 Å². The second-order valence-electron chi connectivity index (χ2n) is 11.9. The summed E-state index contributed by atoms with van der Waals surface area (Å²) in [5.74, 6) is -1.93. The molecule has 1 aromatic heterocycles. The Bertz CT molecular complexity index is 1390. The van der Waals surface area contributed by atoms with E-state index in [9.17, 15) is 35.1 Å². The monoisotopic (exact) mass is 806 g/mol. The van der Waals surface area contributed by atoms with E-state index in [1.807, 2.05) is 30.5 Å². The number of methoxy groups -OCH3 is 2. The molecule has 2 aliphatic rings. The molecule has 2 fully saturated rings. The molecule has 0 radical (unpaired) electrons. The molecular weight excluding hydrogens is 760 g/mol. The maximum Gasteiger partial charge on any atom is 0.335 e. The molecule has 0 saturated carbocycles. The lowest BCUT2D eigenvalue weighted by Crippen LogP contribution is -2.63.